The van der Waals surface area contributed by atoms with Crippen molar-refractivity contribution in [2.45, 2.75) is 6.92 Å². The summed E-state index contributed by atoms with van der Waals surface area (Å²) in [6, 6.07) is 26.3. The molecular formula is C30H29N3O3. The Kier molecular flexibility index (Phi) is 7.75. The van der Waals surface area contributed by atoms with Gasteiger partial charge in [0, 0.05) is 30.9 Å². The van der Waals surface area contributed by atoms with Crippen LogP contribution in [-0.2, 0) is 0 Å². The van der Waals surface area contributed by atoms with E-state index in [0.717, 1.165) is 11.3 Å². The lowest BCUT2D eigenvalue weighted by Crippen LogP contribution is -2.35. The van der Waals surface area contributed by atoms with Crippen LogP contribution >= 0.6 is 0 Å². The molecule has 6 heteroatoms. The molecule has 0 aliphatic rings. The molecule has 36 heavy (non-hydrogen) atoms. The molecule has 3 aromatic carbocycles. The van der Waals surface area contributed by atoms with E-state index in [1.165, 1.54) is 0 Å². The van der Waals surface area contributed by atoms with E-state index in [9.17, 15) is 9.59 Å². The third kappa shape index (κ3) is 5.96. The molecule has 0 bridgehead atoms. The summed E-state index contributed by atoms with van der Waals surface area (Å²) in [5, 5.41) is 4.15. The zero-order chi connectivity index (χ0) is 25.5. The number of carbonyl (C=O) groups excluding carboxylic acids is 2. The Labute approximate surface area is 211 Å². The fourth-order valence-corrected chi connectivity index (χ4v) is 3.92. The molecule has 1 heterocycles. The number of aromatic nitrogens is 1. The zero-order valence-electron chi connectivity index (χ0n) is 20.7. The van der Waals surface area contributed by atoms with Gasteiger partial charge in [0.1, 0.15) is 11.4 Å². The standard InChI is InChI=1S/C30H29N3O3/c1-22-30(29(36-31-22)19-16-23-14-17-26(18-15-23)32(2)3)33(20-27(34)24-10-6-4-7-11-24)21-28(35)25-12-8-5-9-13-25/h4-19H,20-21H2,1-3H3/b19-16+. The minimum atomic E-state index is -0.0914. The van der Waals surface area contributed by atoms with Crippen molar-refractivity contribution in [3.63, 3.8) is 0 Å². The van der Waals surface area contributed by atoms with E-state index in [1.54, 1.807) is 29.2 Å². The largest absolute Gasteiger partial charge is 0.378 e. The summed E-state index contributed by atoms with van der Waals surface area (Å²) >= 11 is 0. The fraction of sp³-hybridized carbons (Fsp3) is 0.167. The normalized spacial score (nSPS) is 11.0. The van der Waals surface area contributed by atoms with Gasteiger partial charge in [0.15, 0.2) is 17.3 Å². The molecule has 1 aromatic heterocycles. The van der Waals surface area contributed by atoms with Crippen LogP contribution < -0.4 is 9.80 Å². The van der Waals surface area contributed by atoms with E-state index in [0.29, 0.717) is 28.3 Å². The SMILES string of the molecule is Cc1noc(/C=C/c2ccc(N(C)C)cc2)c1N(CC(=O)c1ccccc1)CC(=O)c1ccccc1. The van der Waals surface area contributed by atoms with E-state index < -0.39 is 0 Å². The molecule has 0 fully saturated rings. The number of hydrogen-bond donors (Lipinski definition) is 0. The Bertz CT molecular complexity index is 1290. The van der Waals surface area contributed by atoms with Crippen molar-refractivity contribution in [2.24, 2.45) is 0 Å². The van der Waals surface area contributed by atoms with Crippen LogP contribution in [-0.4, -0.2) is 43.9 Å². The number of anilines is 2. The molecule has 0 saturated carbocycles. The molecule has 0 spiro atoms. The van der Waals surface area contributed by atoms with Crippen LogP contribution in [0, 0.1) is 6.92 Å². The number of hydrogen-bond acceptors (Lipinski definition) is 6. The van der Waals surface area contributed by atoms with Gasteiger partial charge in [-0.25, -0.2) is 0 Å². The average molecular weight is 480 g/mol. The summed E-state index contributed by atoms with van der Waals surface area (Å²) in [4.78, 5) is 30.1. The van der Waals surface area contributed by atoms with Crippen molar-refractivity contribution >= 4 is 35.1 Å². The predicted molar refractivity (Wildman–Crippen MR) is 145 cm³/mol. The van der Waals surface area contributed by atoms with Gasteiger partial charge < -0.3 is 14.3 Å². The second-order valence-electron chi connectivity index (χ2n) is 8.73. The number of aryl methyl sites for hydroxylation is 1. The summed E-state index contributed by atoms with van der Waals surface area (Å²) in [6.07, 6.45) is 3.76. The monoisotopic (exact) mass is 479 g/mol. The van der Waals surface area contributed by atoms with Crippen LogP contribution in [0.3, 0.4) is 0 Å². The summed E-state index contributed by atoms with van der Waals surface area (Å²) in [5.41, 5.74) is 4.51. The van der Waals surface area contributed by atoms with Crippen molar-refractivity contribution in [1.29, 1.82) is 0 Å². The zero-order valence-corrected chi connectivity index (χ0v) is 20.7. The van der Waals surface area contributed by atoms with Crippen LogP contribution in [0.15, 0.2) is 89.5 Å². The molecule has 0 radical (unpaired) electrons. The third-order valence-corrected chi connectivity index (χ3v) is 5.87. The minimum Gasteiger partial charge on any atom is -0.378 e. The van der Waals surface area contributed by atoms with Gasteiger partial charge in [-0.1, -0.05) is 84.0 Å². The van der Waals surface area contributed by atoms with Gasteiger partial charge in [-0.3, -0.25) is 9.59 Å². The van der Waals surface area contributed by atoms with E-state index in [1.807, 2.05) is 98.7 Å². The Morgan fingerprint density at radius 1 is 0.778 bits per heavy atom. The average Bonchev–Trinajstić information content (AvgIpc) is 3.28. The summed E-state index contributed by atoms with van der Waals surface area (Å²) in [6.45, 7) is 1.85. The fourth-order valence-electron chi connectivity index (χ4n) is 3.92. The van der Waals surface area contributed by atoms with Gasteiger partial charge in [-0.2, -0.15) is 0 Å². The van der Waals surface area contributed by atoms with Gasteiger partial charge >= 0.3 is 0 Å². The second-order valence-corrected chi connectivity index (χ2v) is 8.73. The highest BCUT2D eigenvalue weighted by Crippen LogP contribution is 2.28. The van der Waals surface area contributed by atoms with Gasteiger partial charge in [0.25, 0.3) is 0 Å². The Morgan fingerprint density at radius 3 is 1.81 bits per heavy atom. The van der Waals surface area contributed by atoms with E-state index >= 15 is 0 Å². The molecule has 4 rings (SSSR count). The van der Waals surface area contributed by atoms with E-state index in [-0.39, 0.29) is 24.7 Å². The molecular weight excluding hydrogens is 450 g/mol. The smallest absolute Gasteiger partial charge is 0.183 e. The molecule has 6 nitrogen and oxygen atoms in total. The van der Waals surface area contributed by atoms with Crippen LogP contribution in [0.1, 0.15) is 37.7 Å². The maximum Gasteiger partial charge on any atom is 0.183 e. The Morgan fingerprint density at radius 2 is 1.31 bits per heavy atom. The van der Waals surface area contributed by atoms with E-state index in [4.69, 9.17) is 4.52 Å². The highest BCUT2D eigenvalue weighted by Gasteiger charge is 2.24. The maximum atomic E-state index is 13.1. The van der Waals surface area contributed by atoms with Crippen LogP contribution in [0.4, 0.5) is 11.4 Å². The molecule has 182 valence electrons. The Balaban J connectivity index is 1.64. The second kappa shape index (κ2) is 11.3. The third-order valence-electron chi connectivity index (χ3n) is 5.87. The number of ketones is 2. The lowest BCUT2D eigenvalue weighted by atomic mass is 10.1. The van der Waals surface area contributed by atoms with Gasteiger partial charge in [-0.05, 0) is 30.7 Å². The number of nitrogens with zero attached hydrogens (tertiary/aromatic N) is 3. The summed E-state index contributed by atoms with van der Waals surface area (Å²) < 4.78 is 5.63. The number of Topliss-reactive ketones (excluding diaryl/α,β-unsaturated/α-hetero) is 2. The highest BCUT2D eigenvalue weighted by molar-refractivity contribution is 6.03. The molecule has 0 aliphatic carbocycles. The van der Waals surface area contributed by atoms with Gasteiger partial charge in [-0.15, -0.1) is 0 Å². The topological polar surface area (TPSA) is 66.7 Å². The van der Waals surface area contributed by atoms with Crippen LogP contribution in [0.2, 0.25) is 0 Å². The van der Waals surface area contributed by atoms with Crippen LogP contribution in [0.5, 0.6) is 0 Å². The molecule has 0 N–H and O–H groups in total. The van der Waals surface area contributed by atoms with Crippen molar-refractivity contribution < 1.29 is 14.1 Å². The van der Waals surface area contributed by atoms with E-state index in [2.05, 4.69) is 5.16 Å². The maximum absolute atomic E-state index is 13.1. The first-order valence-electron chi connectivity index (χ1n) is 11.8. The minimum absolute atomic E-state index is 0.0169. The van der Waals surface area contributed by atoms with Crippen LogP contribution in [0.25, 0.3) is 12.2 Å². The first kappa shape index (κ1) is 24.7. The van der Waals surface area contributed by atoms with Crippen molar-refractivity contribution in [1.82, 2.24) is 5.16 Å². The molecule has 4 aromatic rings. The summed E-state index contributed by atoms with van der Waals surface area (Å²) in [7, 11) is 3.99. The lowest BCUT2D eigenvalue weighted by Gasteiger charge is -2.23. The van der Waals surface area contributed by atoms with Crippen molar-refractivity contribution in [2.75, 3.05) is 37.0 Å². The van der Waals surface area contributed by atoms with Gasteiger partial charge in [0.2, 0.25) is 0 Å². The number of rotatable bonds is 10. The molecule has 0 amide bonds. The van der Waals surface area contributed by atoms with Crippen molar-refractivity contribution in [3.05, 3.63) is 113 Å². The Hall–Kier alpha value is -4.45. The summed E-state index contributed by atoms with van der Waals surface area (Å²) in [5.74, 6) is 0.309. The van der Waals surface area contributed by atoms with Gasteiger partial charge in [0.05, 0.1) is 13.1 Å². The van der Waals surface area contributed by atoms with Crippen molar-refractivity contribution in [3.8, 4) is 0 Å². The number of carbonyl (C=O) groups is 2. The number of benzene rings is 3. The predicted octanol–water partition coefficient (Wildman–Crippen LogP) is 5.79. The molecule has 0 saturated heterocycles. The molecule has 0 aliphatic heterocycles. The first-order valence-corrected chi connectivity index (χ1v) is 11.8. The quantitative estimate of drug-likeness (QED) is 0.268. The lowest BCUT2D eigenvalue weighted by molar-refractivity contribution is 0.0984. The molecule has 0 atom stereocenters. The highest BCUT2D eigenvalue weighted by atomic mass is 16.5. The first-order chi connectivity index (χ1) is 17.4. The molecule has 0 unspecified atom stereocenters.